The van der Waals surface area contributed by atoms with E-state index in [0.717, 1.165) is 38.3 Å². The molecule has 0 saturated carbocycles. The van der Waals surface area contributed by atoms with Gasteiger partial charge in [0.1, 0.15) is 0 Å². The van der Waals surface area contributed by atoms with Gasteiger partial charge in [0.2, 0.25) is 0 Å². The summed E-state index contributed by atoms with van der Waals surface area (Å²) in [6, 6.07) is 0. The first-order valence-corrected chi connectivity index (χ1v) is 7.38. The van der Waals surface area contributed by atoms with E-state index in [1.54, 1.807) is 4.68 Å². The van der Waals surface area contributed by atoms with Crippen LogP contribution in [0.1, 0.15) is 38.4 Å². The number of likely N-dealkylation sites (tertiary alicyclic amines) is 1. The number of carboxylic acids is 1. The minimum Gasteiger partial charge on any atom is -0.481 e. The lowest BCUT2D eigenvalue weighted by molar-refractivity contribution is -0.138. The number of carboxylic acid groups (broad SMARTS) is 1. The van der Waals surface area contributed by atoms with Crippen molar-refractivity contribution in [2.24, 2.45) is 5.92 Å². The summed E-state index contributed by atoms with van der Waals surface area (Å²) < 4.78 is 1.77. The molecule has 0 radical (unpaired) electrons. The summed E-state index contributed by atoms with van der Waals surface area (Å²) in [6.07, 6.45) is 4.37. The summed E-state index contributed by atoms with van der Waals surface area (Å²) in [7, 11) is 0. The SMILES string of the molecule is CCC(CC(=O)O)Cn1nnnc1CCN1CCCC1. The third-order valence-corrected chi connectivity index (χ3v) is 3.93. The van der Waals surface area contributed by atoms with E-state index < -0.39 is 5.97 Å². The smallest absolute Gasteiger partial charge is 0.303 e. The number of nitrogens with zero attached hydrogens (tertiary/aromatic N) is 5. The monoisotopic (exact) mass is 281 g/mol. The maximum absolute atomic E-state index is 10.8. The van der Waals surface area contributed by atoms with Crippen LogP contribution in [0.15, 0.2) is 0 Å². The molecule has 7 heteroatoms. The van der Waals surface area contributed by atoms with Gasteiger partial charge in [-0.2, -0.15) is 0 Å². The van der Waals surface area contributed by atoms with Gasteiger partial charge in [0.25, 0.3) is 0 Å². The van der Waals surface area contributed by atoms with E-state index in [2.05, 4.69) is 20.4 Å². The molecule has 1 unspecified atom stereocenters. The third kappa shape index (κ3) is 4.26. The van der Waals surface area contributed by atoms with Crippen molar-refractivity contribution in [3.05, 3.63) is 5.82 Å². The molecule has 0 aromatic carbocycles. The molecule has 7 nitrogen and oxygen atoms in total. The molecule has 1 aromatic heterocycles. The van der Waals surface area contributed by atoms with Crippen molar-refractivity contribution in [1.82, 2.24) is 25.1 Å². The van der Waals surface area contributed by atoms with Crippen LogP contribution in [0.25, 0.3) is 0 Å². The predicted octanol–water partition coefficient (Wildman–Crippen LogP) is 0.812. The Balaban J connectivity index is 1.88. The highest BCUT2D eigenvalue weighted by Crippen LogP contribution is 2.13. The number of carbonyl (C=O) groups is 1. The molecule has 0 amide bonds. The van der Waals surface area contributed by atoms with Crippen molar-refractivity contribution in [1.29, 1.82) is 0 Å². The fourth-order valence-electron chi connectivity index (χ4n) is 2.64. The van der Waals surface area contributed by atoms with Crippen molar-refractivity contribution < 1.29 is 9.90 Å². The second-order valence-electron chi connectivity index (χ2n) is 5.45. The highest BCUT2D eigenvalue weighted by Gasteiger charge is 2.17. The van der Waals surface area contributed by atoms with Gasteiger partial charge < -0.3 is 10.0 Å². The molecule has 1 saturated heterocycles. The topological polar surface area (TPSA) is 84.1 Å². The van der Waals surface area contributed by atoms with Crippen LogP contribution in [-0.2, 0) is 17.8 Å². The van der Waals surface area contributed by atoms with Crippen molar-refractivity contribution in [3.8, 4) is 0 Å². The van der Waals surface area contributed by atoms with E-state index in [4.69, 9.17) is 5.11 Å². The quantitative estimate of drug-likeness (QED) is 0.759. The van der Waals surface area contributed by atoms with Crippen LogP contribution >= 0.6 is 0 Å². The number of rotatable bonds is 8. The maximum Gasteiger partial charge on any atom is 0.303 e. The second-order valence-corrected chi connectivity index (χ2v) is 5.45. The summed E-state index contributed by atoms with van der Waals surface area (Å²) in [6.45, 7) is 5.90. The predicted molar refractivity (Wildman–Crippen MR) is 73.2 cm³/mol. The van der Waals surface area contributed by atoms with Crippen LogP contribution < -0.4 is 0 Å². The number of aliphatic carboxylic acids is 1. The van der Waals surface area contributed by atoms with Gasteiger partial charge >= 0.3 is 5.97 Å². The highest BCUT2D eigenvalue weighted by atomic mass is 16.4. The van der Waals surface area contributed by atoms with E-state index >= 15 is 0 Å². The first-order chi connectivity index (χ1) is 9.69. The molecule has 20 heavy (non-hydrogen) atoms. The zero-order valence-corrected chi connectivity index (χ0v) is 12.0. The lowest BCUT2D eigenvalue weighted by atomic mass is 10.0. The van der Waals surface area contributed by atoms with Crippen molar-refractivity contribution in [2.75, 3.05) is 19.6 Å². The van der Waals surface area contributed by atoms with Gasteiger partial charge in [0, 0.05) is 25.9 Å². The van der Waals surface area contributed by atoms with Crippen LogP contribution in [0.4, 0.5) is 0 Å². The van der Waals surface area contributed by atoms with Gasteiger partial charge in [-0.1, -0.05) is 13.3 Å². The Labute approximate surface area is 119 Å². The molecule has 2 heterocycles. The van der Waals surface area contributed by atoms with Crippen molar-refractivity contribution in [2.45, 2.75) is 45.6 Å². The summed E-state index contributed by atoms with van der Waals surface area (Å²) in [5.41, 5.74) is 0. The first kappa shape index (κ1) is 14.9. The molecule has 1 fully saturated rings. The molecule has 0 aliphatic carbocycles. The van der Waals surface area contributed by atoms with Gasteiger partial charge in [0.05, 0.1) is 0 Å². The molecule has 1 aromatic rings. The van der Waals surface area contributed by atoms with E-state index in [-0.39, 0.29) is 12.3 Å². The minimum absolute atomic E-state index is 0.0848. The Bertz CT molecular complexity index is 428. The van der Waals surface area contributed by atoms with Gasteiger partial charge in [-0.25, -0.2) is 4.68 Å². The zero-order chi connectivity index (χ0) is 14.4. The number of hydrogen-bond donors (Lipinski definition) is 1. The molecular weight excluding hydrogens is 258 g/mol. The Morgan fingerprint density at radius 3 is 2.80 bits per heavy atom. The zero-order valence-electron chi connectivity index (χ0n) is 12.0. The fourth-order valence-corrected chi connectivity index (χ4v) is 2.64. The summed E-state index contributed by atoms with van der Waals surface area (Å²) in [5.74, 6) is 0.186. The first-order valence-electron chi connectivity index (χ1n) is 7.38. The largest absolute Gasteiger partial charge is 0.481 e. The summed E-state index contributed by atoms with van der Waals surface area (Å²) >= 11 is 0. The molecule has 112 valence electrons. The Kier molecular flexibility index (Phi) is 5.46. The van der Waals surface area contributed by atoms with Crippen LogP contribution in [0.5, 0.6) is 0 Å². The lowest BCUT2D eigenvalue weighted by Gasteiger charge is -2.15. The summed E-state index contributed by atoms with van der Waals surface area (Å²) in [5, 5.41) is 20.7. The molecule has 2 rings (SSSR count). The van der Waals surface area contributed by atoms with E-state index in [0.29, 0.717) is 6.54 Å². The minimum atomic E-state index is -0.761. The average Bonchev–Trinajstić information content (AvgIpc) is 3.06. The summed E-state index contributed by atoms with van der Waals surface area (Å²) in [4.78, 5) is 13.2. The average molecular weight is 281 g/mol. The molecule has 1 atom stereocenters. The van der Waals surface area contributed by atoms with E-state index in [1.165, 1.54) is 12.8 Å². The lowest BCUT2D eigenvalue weighted by Crippen LogP contribution is -2.24. The van der Waals surface area contributed by atoms with Gasteiger partial charge in [0.15, 0.2) is 5.82 Å². The van der Waals surface area contributed by atoms with Crippen LogP contribution in [-0.4, -0.2) is 55.8 Å². The molecule has 0 spiro atoms. The number of hydrogen-bond acceptors (Lipinski definition) is 5. The number of aromatic nitrogens is 4. The van der Waals surface area contributed by atoms with E-state index in [9.17, 15) is 4.79 Å². The number of tetrazole rings is 1. The Hall–Kier alpha value is -1.50. The molecule has 1 N–H and O–H groups in total. The Morgan fingerprint density at radius 1 is 1.40 bits per heavy atom. The van der Waals surface area contributed by atoms with Crippen LogP contribution in [0.3, 0.4) is 0 Å². The standard InChI is InChI=1S/C13H23N5O2/c1-2-11(9-13(19)20)10-18-12(14-15-16-18)5-8-17-6-3-4-7-17/h11H,2-10H2,1H3,(H,19,20). The van der Waals surface area contributed by atoms with Crippen LogP contribution in [0, 0.1) is 5.92 Å². The Morgan fingerprint density at radius 2 is 2.15 bits per heavy atom. The van der Waals surface area contributed by atoms with Crippen LogP contribution in [0.2, 0.25) is 0 Å². The van der Waals surface area contributed by atoms with Gasteiger partial charge in [-0.3, -0.25) is 4.79 Å². The van der Waals surface area contributed by atoms with Crippen molar-refractivity contribution in [3.63, 3.8) is 0 Å². The highest BCUT2D eigenvalue weighted by molar-refractivity contribution is 5.66. The van der Waals surface area contributed by atoms with Gasteiger partial charge in [-0.05, 0) is 42.3 Å². The molecule has 1 aliphatic heterocycles. The van der Waals surface area contributed by atoms with Gasteiger partial charge in [-0.15, -0.1) is 5.10 Å². The molecule has 1 aliphatic rings. The molecular formula is C13H23N5O2. The maximum atomic E-state index is 10.8. The fraction of sp³-hybridized carbons (Fsp3) is 0.846. The van der Waals surface area contributed by atoms with E-state index in [1.807, 2.05) is 6.92 Å². The third-order valence-electron chi connectivity index (χ3n) is 3.93. The molecule has 0 bridgehead atoms. The van der Waals surface area contributed by atoms with Crippen molar-refractivity contribution >= 4 is 5.97 Å². The normalized spacial score (nSPS) is 17.4. The second kappa shape index (κ2) is 7.33.